The lowest BCUT2D eigenvalue weighted by atomic mass is 10.1. The SMILES string of the molecule is COc1ccc2cc(Br)cc(C)c2n1. The van der Waals surface area contributed by atoms with Gasteiger partial charge >= 0.3 is 0 Å². The van der Waals surface area contributed by atoms with Crippen LogP contribution < -0.4 is 4.74 Å². The molecule has 1 aromatic carbocycles. The highest BCUT2D eigenvalue weighted by Crippen LogP contribution is 2.24. The van der Waals surface area contributed by atoms with Gasteiger partial charge in [-0.05, 0) is 30.7 Å². The van der Waals surface area contributed by atoms with Crippen molar-refractivity contribution in [3.8, 4) is 5.88 Å². The molecule has 72 valence electrons. The Labute approximate surface area is 91.0 Å². The summed E-state index contributed by atoms with van der Waals surface area (Å²) in [4.78, 5) is 4.39. The molecule has 1 heterocycles. The molecule has 1 aromatic heterocycles. The van der Waals surface area contributed by atoms with E-state index >= 15 is 0 Å². The Hall–Kier alpha value is -1.09. The monoisotopic (exact) mass is 251 g/mol. The molecule has 0 radical (unpaired) electrons. The first-order chi connectivity index (χ1) is 6.70. The minimum Gasteiger partial charge on any atom is -0.481 e. The first-order valence-electron chi connectivity index (χ1n) is 4.31. The lowest BCUT2D eigenvalue weighted by Gasteiger charge is -2.04. The van der Waals surface area contributed by atoms with Gasteiger partial charge in [-0.2, -0.15) is 0 Å². The van der Waals surface area contributed by atoms with E-state index in [0.29, 0.717) is 5.88 Å². The Morgan fingerprint density at radius 1 is 1.29 bits per heavy atom. The fraction of sp³-hybridized carbons (Fsp3) is 0.182. The normalized spacial score (nSPS) is 10.5. The van der Waals surface area contributed by atoms with Gasteiger partial charge in [0, 0.05) is 15.9 Å². The Bertz CT molecular complexity index is 482. The maximum Gasteiger partial charge on any atom is 0.213 e. The summed E-state index contributed by atoms with van der Waals surface area (Å²) < 4.78 is 6.16. The number of hydrogen-bond donors (Lipinski definition) is 0. The van der Waals surface area contributed by atoms with Crippen molar-refractivity contribution in [3.63, 3.8) is 0 Å². The molecule has 0 atom stereocenters. The summed E-state index contributed by atoms with van der Waals surface area (Å²) in [5.41, 5.74) is 2.14. The number of fused-ring (bicyclic) bond motifs is 1. The highest BCUT2D eigenvalue weighted by atomic mass is 79.9. The van der Waals surface area contributed by atoms with Crippen molar-refractivity contribution < 1.29 is 4.74 Å². The second-order valence-corrected chi connectivity index (χ2v) is 4.06. The topological polar surface area (TPSA) is 22.1 Å². The maximum absolute atomic E-state index is 5.08. The average Bonchev–Trinajstić information content (AvgIpc) is 2.17. The van der Waals surface area contributed by atoms with E-state index in [2.05, 4.69) is 33.0 Å². The molecule has 0 N–H and O–H groups in total. The van der Waals surface area contributed by atoms with Gasteiger partial charge in [-0.25, -0.2) is 4.98 Å². The zero-order valence-corrected chi connectivity index (χ0v) is 9.63. The maximum atomic E-state index is 5.08. The second kappa shape index (κ2) is 3.58. The van der Waals surface area contributed by atoms with E-state index < -0.39 is 0 Å². The van der Waals surface area contributed by atoms with Crippen LogP contribution in [0.2, 0.25) is 0 Å². The van der Waals surface area contributed by atoms with Gasteiger partial charge in [-0.3, -0.25) is 0 Å². The highest BCUT2D eigenvalue weighted by Gasteiger charge is 2.02. The molecule has 2 aromatic rings. The van der Waals surface area contributed by atoms with E-state index in [1.165, 1.54) is 0 Å². The van der Waals surface area contributed by atoms with Crippen LogP contribution in [0.5, 0.6) is 5.88 Å². The number of pyridine rings is 1. The van der Waals surface area contributed by atoms with E-state index in [4.69, 9.17) is 4.74 Å². The van der Waals surface area contributed by atoms with E-state index in [-0.39, 0.29) is 0 Å². The quantitative estimate of drug-likeness (QED) is 0.776. The summed E-state index contributed by atoms with van der Waals surface area (Å²) in [5.74, 6) is 0.655. The lowest BCUT2D eigenvalue weighted by molar-refractivity contribution is 0.399. The predicted octanol–water partition coefficient (Wildman–Crippen LogP) is 3.31. The van der Waals surface area contributed by atoms with Crippen LogP contribution >= 0.6 is 15.9 Å². The predicted molar refractivity (Wildman–Crippen MR) is 60.7 cm³/mol. The average molecular weight is 252 g/mol. The molecule has 0 aliphatic carbocycles. The molecule has 0 aliphatic heterocycles. The number of rotatable bonds is 1. The molecule has 14 heavy (non-hydrogen) atoms. The summed E-state index contributed by atoms with van der Waals surface area (Å²) in [6, 6.07) is 7.98. The number of aryl methyl sites for hydroxylation is 1. The van der Waals surface area contributed by atoms with Crippen molar-refractivity contribution in [2.75, 3.05) is 7.11 Å². The summed E-state index contributed by atoms with van der Waals surface area (Å²) in [5, 5.41) is 1.12. The van der Waals surface area contributed by atoms with Crippen molar-refractivity contribution in [2.45, 2.75) is 6.92 Å². The van der Waals surface area contributed by atoms with Gasteiger partial charge in [0.05, 0.1) is 12.6 Å². The smallest absolute Gasteiger partial charge is 0.213 e. The van der Waals surface area contributed by atoms with Crippen molar-refractivity contribution >= 4 is 26.8 Å². The number of halogens is 1. The molecule has 2 rings (SSSR count). The van der Waals surface area contributed by atoms with E-state index in [1.54, 1.807) is 7.11 Å². The van der Waals surface area contributed by atoms with Crippen LogP contribution in [0, 0.1) is 6.92 Å². The molecule has 0 saturated heterocycles. The van der Waals surface area contributed by atoms with Crippen LogP contribution in [-0.4, -0.2) is 12.1 Å². The Balaban J connectivity index is 2.75. The van der Waals surface area contributed by atoms with E-state index in [1.807, 2.05) is 19.1 Å². The zero-order chi connectivity index (χ0) is 10.1. The molecule has 0 saturated carbocycles. The van der Waals surface area contributed by atoms with Gasteiger partial charge in [-0.15, -0.1) is 0 Å². The second-order valence-electron chi connectivity index (χ2n) is 3.15. The van der Waals surface area contributed by atoms with Gasteiger partial charge in [0.25, 0.3) is 0 Å². The number of methoxy groups -OCH3 is 1. The first-order valence-corrected chi connectivity index (χ1v) is 5.11. The third-order valence-electron chi connectivity index (χ3n) is 2.13. The molecule has 2 nitrogen and oxygen atoms in total. The van der Waals surface area contributed by atoms with Crippen LogP contribution in [-0.2, 0) is 0 Å². The molecular weight excluding hydrogens is 242 g/mol. The van der Waals surface area contributed by atoms with Crippen molar-refractivity contribution in [1.82, 2.24) is 4.98 Å². The van der Waals surface area contributed by atoms with Gasteiger partial charge in [0.2, 0.25) is 5.88 Å². The van der Waals surface area contributed by atoms with Crippen molar-refractivity contribution in [3.05, 3.63) is 34.3 Å². The molecule has 0 aliphatic rings. The zero-order valence-electron chi connectivity index (χ0n) is 8.04. The standard InChI is InChI=1S/C11H10BrNO/c1-7-5-9(12)6-8-3-4-10(14-2)13-11(7)8/h3-6H,1-2H3. The van der Waals surface area contributed by atoms with Crippen LogP contribution in [0.1, 0.15) is 5.56 Å². The third-order valence-corrected chi connectivity index (χ3v) is 2.59. The van der Waals surface area contributed by atoms with Crippen LogP contribution in [0.25, 0.3) is 10.9 Å². The van der Waals surface area contributed by atoms with Crippen LogP contribution in [0.15, 0.2) is 28.7 Å². The van der Waals surface area contributed by atoms with Crippen LogP contribution in [0.4, 0.5) is 0 Å². The molecule has 0 bridgehead atoms. The third kappa shape index (κ3) is 1.60. The molecular formula is C11H10BrNO. The number of hydrogen-bond acceptors (Lipinski definition) is 2. The fourth-order valence-electron chi connectivity index (χ4n) is 1.46. The van der Waals surface area contributed by atoms with Gasteiger partial charge in [-0.1, -0.05) is 15.9 Å². The van der Waals surface area contributed by atoms with E-state index in [9.17, 15) is 0 Å². The largest absolute Gasteiger partial charge is 0.481 e. The van der Waals surface area contributed by atoms with Crippen molar-refractivity contribution in [2.24, 2.45) is 0 Å². The molecule has 3 heteroatoms. The lowest BCUT2D eigenvalue weighted by Crippen LogP contribution is -1.89. The number of nitrogens with zero attached hydrogens (tertiary/aromatic N) is 1. The number of aromatic nitrogens is 1. The molecule has 0 amide bonds. The first kappa shape index (κ1) is 9.46. The Morgan fingerprint density at radius 3 is 2.79 bits per heavy atom. The summed E-state index contributed by atoms with van der Waals surface area (Å²) in [6.07, 6.45) is 0. The summed E-state index contributed by atoms with van der Waals surface area (Å²) in [7, 11) is 1.63. The van der Waals surface area contributed by atoms with Crippen molar-refractivity contribution in [1.29, 1.82) is 0 Å². The minimum atomic E-state index is 0.655. The minimum absolute atomic E-state index is 0.655. The fourth-order valence-corrected chi connectivity index (χ4v) is 2.05. The van der Waals surface area contributed by atoms with Gasteiger partial charge in [0.1, 0.15) is 0 Å². The Kier molecular flexibility index (Phi) is 2.42. The summed E-state index contributed by atoms with van der Waals surface area (Å²) in [6.45, 7) is 2.04. The van der Waals surface area contributed by atoms with Gasteiger partial charge < -0.3 is 4.74 Å². The Morgan fingerprint density at radius 2 is 2.07 bits per heavy atom. The molecule has 0 spiro atoms. The number of benzene rings is 1. The van der Waals surface area contributed by atoms with Crippen LogP contribution in [0.3, 0.4) is 0 Å². The highest BCUT2D eigenvalue weighted by molar-refractivity contribution is 9.10. The summed E-state index contributed by atoms with van der Waals surface area (Å²) >= 11 is 3.46. The molecule has 0 fully saturated rings. The van der Waals surface area contributed by atoms with E-state index in [0.717, 1.165) is 20.9 Å². The van der Waals surface area contributed by atoms with Gasteiger partial charge in [0.15, 0.2) is 0 Å². The molecule has 0 unspecified atom stereocenters. The number of ether oxygens (including phenoxy) is 1.